The lowest BCUT2D eigenvalue weighted by Crippen LogP contribution is -2.35. The SMILES string of the molecule is COc1c(Cl)ccc(Cl)c1C(=O)NCCNC(=O)c1cccc(O)c1. The Bertz CT molecular complexity index is 796. The van der Waals surface area contributed by atoms with Crippen LogP contribution in [0.1, 0.15) is 20.7 Å². The van der Waals surface area contributed by atoms with Gasteiger partial charge in [-0.1, -0.05) is 29.3 Å². The highest BCUT2D eigenvalue weighted by molar-refractivity contribution is 6.37. The topological polar surface area (TPSA) is 87.7 Å². The number of hydrogen-bond acceptors (Lipinski definition) is 4. The average molecular weight is 383 g/mol. The summed E-state index contributed by atoms with van der Waals surface area (Å²) in [6.07, 6.45) is 0. The Morgan fingerprint density at radius 3 is 2.32 bits per heavy atom. The number of halogens is 2. The van der Waals surface area contributed by atoms with Gasteiger partial charge in [0.15, 0.2) is 5.75 Å². The van der Waals surface area contributed by atoms with Crippen molar-refractivity contribution in [1.29, 1.82) is 0 Å². The molecular weight excluding hydrogens is 367 g/mol. The molecule has 2 rings (SSSR count). The first-order valence-electron chi connectivity index (χ1n) is 7.31. The summed E-state index contributed by atoms with van der Waals surface area (Å²) in [4.78, 5) is 24.2. The molecule has 0 unspecified atom stereocenters. The number of nitrogens with one attached hydrogen (secondary N) is 2. The maximum Gasteiger partial charge on any atom is 0.256 e. The van der Waals surface area contributed by atoms with Gasteiger partial charge in [0.1, 0.15) is 11.3 Å². The van der Waals surface area contributed by atoms with E-state index in [4.69, 9.17) is 27.9 Å². The van der Waals surface area contributed by atoms with Crippen LogP contribution in [0.2, 0.25) is 10.0 Å². The first kappa shape index (κ1) is 18.9. The molecule has 0 aliphatic rings. The molecule has 0 heterocycles. The van der Waals surface area contributed by atoms with Crippen molar-refractivity contribution >= 4 is 35.0 Å². The largest absolute Gasteiger partial charge is 0.508 e. The number of benzene rings is 2. The molecule has 3 N–H and O–H groups in total. The fourth-order valence-corrected chi connectivity index (χ4v) is 2.60. The zero-order valence-corrected chi connectivity index (χ0v) is 14.8. The average Bonchev–Trinajstić information content (AvgIpc) is 2.59. The van der Waals surface area contributed by atoms with E-state index in [0.29, 0.717) is 5.56 Å². The predicted molar refractivity (Wildman–Crippen MR) is 95.8 cm³/mol. The molecule has 6 nitrogen and oxygen atoms in total. The summed E-state index contributed by atoms with van der Waals surface area (Å²) in [7, 11) is 1.39. The highest BCUT2D eigenvalue weighted by Gasteiger charge is 2.19. The Morgan fingerprint density at radius 2 is 1.68 bits per heavy atom. The van der Waals surface area contributed by atoms with Crippen LogP contribution < -0.4 is 15.4 Å². The number of phenolic OH excluding ortho intramolecular Hbond substituents is 1. The van der Waals surface area contributed by atoms with Gasteiger partial charge in [-0.25, -0.2) is 0 Å². The Labute approximate surface area is 154 Å². The molecule has 0 bridgehead atoms. The second-order valence-corrected chi connectivity index (χ2v) is 5.81. The summed E-state index contributed by atoms with van der Waals surface area (Å²) in [5, 5.41) is 15.1. The van der Waals surface area contributed by atoms with E-state index in [0.717, 1.165) is 0 Å². The van der Waals surface area contributed by atoms with E-state index in [-0.39, 0.29) is 46.1 Å². The summed E-state index contributed by atoms with van der Waals surface area (Å²) >= 11 is 12.0. The zero-order valence-electron chi connectivity index (χ0n) is 13.3. The Balaban J connectivity index is 1.91. The lowest BCUT2D eigenvalue weighted by Gasteiger charge is -2.12. The van der Waals surface area contributed by atoms with E-state index < -0.39 is 5.91 Å². The van der Waals surface area contributed by atoms with E-state index in [1.165, 1.54) is 31.4 Å². The minimum Gasteiger partial charge on any atom is -0.508 e. The van der Waals surface area contributed by atoms with Crippen molar-refractivity contribution in [3.05, 3.63) is 57.6 Å². The van der Waals surface area contributed by atoms with Gasteiger partial charge >= 0.3 is 0 Å². The first-order valence-corrected chi connectivity index (χ1v) is 8.07. The molecule has 0 spiro atoms. The van der Waals surface area contributed by atoms with Crippen molar-refractivity contribution in [2.45, 2.75) is 0 Å². The number of aromatic hydroxyl groups is 1. The smallest absolute Gasteiger partial charge is 0.256 e. The second-order valence-electron chi connectivity index (χ2n) is 5.00. The Hall–Kier alpha value is -2.44. The molecule has 0 radical (unpaired) electrons. The molecular formula is C17H16Cl2N2O4. The van der Waals surface area contributed by atoms with Crippen LogP contribution in [0, 0.1) is 0 Å². The van der Waals surface area contributed by atoms with Crippen LogP contribution in [-0.4, -0.2) is 37.1 Å². The maximum atomic E-state index is 12.3. The van der Waals surface area contributed by atoms with Crippen LogP contribution >= 0.6 is 23.2 Å². The Morgan fingerprint density at radius 1 is 1.04 bits per heavy atom. The van der Waals surface area contributed by atoms with E-state index >= 15 is 0 Å². The molecule has 0 aromatic heterocycles. The lowest BCUT2D eigenvalue weighted by atomic mass is 10.2. The van der Waals surface area contributed by atoms with E-state index in [2.05, 4.69) is 10.6 Å². The van der Waals surface area contributed by atoms with Gasteiger partial charge in [0.05, 0.1) is 17.2 Å². The highest BCUT2D eigenvalue weighted by Crippen LogP contribution is 2.33. The number of carbonyl (C=O) groups is 2. The molecule has 0 atom stereocenters. The number of hydrogen-bond donors (Lipinski definition) is 3. The van der Waals surface area contributed by atoms with Gasteiger partial charge in [-0.05, 0) is 30.3 Å². The monoisotopic (exact) mass is 382 g/mol. The van der Waals surface area contributed by atoms with Crippen molar-refractivity contribution in [2.75, 3.05) is 20.2 Å². The molecule has 2 amide bonds. The third-order valence-corrected chi connectivity index (χ3v) is 3.91. The van der Waals surface area contributed by atoms with Crippen LogP contribution in [0.25, 0.3) is 0 Å². The summed E-state index contributed by atoms with van der Waals surface area (Å²) in [5.74, 6) is -0.626. The first-order chi connectivity index (χ1) is 11.9. The second kappa shape index (κ2) is 8.60. The van der Waals surface area contributed by atoms with Gasteiger partial charge in [-0.3, -0.25) is 9.59 Å². The Kier molecular flexibility index (Phi) is 6.50. The normalized spacial score (nSPS) is 10.2. The van der Waals surface area contributed by atoms with Crippen LogP contribution in [0.5, 0.6) is 11.5 Å². The number of rotatable bonds is 6. The minimum absolute atomic E-state index is 0.00338. The zero-order chi connectivity index (χ0) is 18.4. The van der Waals surface area contributed by atoms with Gasteiger partial charge in [0.25, 0.3) is 11.8 Å². The number of phenols is 1. The maximum absolute atomic E-state index is 12.3. The molecule has 0 aliphatic carbocycles. The van der Waals surface area contributed by atoms with Gasteiger partial charge < -0.3 is 20.5 Å². The summed E-state index contributed by atoms with van der Waals surface area (Å²) in [5.41, 5.74) is 0.460. The predicted octanol–water partition coefficient (Wildman–Crippen LogP) is 2.87. The van der Waals surface area contributed by atoms with Crippen LogP contribution in [-0.2, 0) is 0 Å². The summed E-state index contributed by atoms with van der Waals surface area (Å²) < 4.78 is 5.12. The van der Waals surface area contributed by atoms with E-state index in [9.17, 15) is 14.7 Å². The third-order valence-electron chi connectivity index (χ3n) is 3.29. The minimum atomic E-state index is -0.462. The molecule has 8 heteroatoms. The summed E-state index contributed by atoms with van der Waals surface area (Å²) in [6, 6.07) is 9.01. The fourth-order valence-electron chi connectivity index (χ4n) is 2.13. The molecule has 2 aromatic rings. The van der Waals surface area contributed by atoms with Gasteiger partial charge in [0.2, 0.25) is 0 Å². The van der Waals surface area contributed by atoms with Gasteiger partial charge in [-0.2, -0.15) is 0 Å². The summed E-state index contributed by atoms with van der Waals surface area (Å²) in [6.45, 7) is 0.371. The number of amides is 2. The fraction of sp³-hybridized carbons (Fsp3) is 0.176. The molecule has 0 aliphatic heterocycles. The van der Waals surface area contributed by atoms with Crippen molar-refractivity contribution in [3.63, 3.8) is 0 Å². The molecule has 0 fully saturated rings. The standard InChI is InChI=1S/C17H16Cl2N2O4/c1-25-15-13(19)6-5-12(18)14(15)17(24)21-8-7-20-16(23)10-3-2-4-11(22)9-10/h2-6,9,22H,7-8H2,1H3,(H,20,23)(H,21,24). The van der Waals surface area contributed by atoms with Crippen LogP contribution in [0.15, 0.2) is 36.4 Å². The van der Waals surface area contributed by atoms with E-state index in [1.807, 2.05) is 0 Å². The number of ether oxygens (including phenoxy) is 1. The van der Waals surface area contributed by atoms with Crippen molar-refractivity contribution in [2.24, 2.45) is 0 Å². The molecule has 2 aromatic carbocycles. The third kappa shape index (κ3) is 4.78. The van der Waals surface area contributed by atoms with Crippen molar-refractivity contribution in [3.8, 4) is 11.5 Å². The molecule has 0 saturated carbocycles. The van der Waals surface area contributed by atoms with Gasteiger partial charge in [0, 0.05) is 18.7 Å². The van der Waals surface area contributed by atoms with Crippen LogP contribution in [0.4, 0.5) is 0 Å². The van der Waals surface area contributed by atoms with Crippen molar-refractivity contribution in [1.82, 2.24) is 10.6 Å². The number of carbonyl (C=O) groups excluding carboxylic acids is 2. The molecule has 0 saturated heterocycles. The molecule has 132 valence electrons. The van der Waals surface area contributed by atoms with Crippen molar-refractivity contribution < 1.29 is 19.4 Å². The molecule has 25 heavy (non-hydrogen) atoms. The van der Waals surface area contributed by atoms with Crippen LogP contribution in [0.3, 0.4) is 0 Å². The quantitative estimate of drug-likeness (QED) is 0.670. The highest BCUT2D eigenvalue weighted by atomic mass is 35.5. The number of methoxy groups -OCH3 is 1. The lowest BCUT2D eigenvalue weighted by molar-refractivity contribution is 0.0926. The van der Waals surface area contributed by atoms with Gasteiger partial charge in [-0.15, -0.1) is 0 Å². The van der Waals surface area contributed by atoms with E-state index in [1.54, 1.807) is 12.1 Å².